The Bertz CT molecular complexity index is 731. The Labute approximate surface area is 141 Å². The molecule has 1 aliphatic rings. The molecular weight excluding hydrogens is 304 g/mol. The summed E-state index contributed by atoms with van der Waals surface area (Å²) in [5.74, 6) is -0.403. The molecule has 1 aliphatic heterocycles. The molecule has 6 heteroatoms. The fraction of sp³-hybridized carbons (Fsp3) is 0.389. The number of amides is 2. The lowest BCUT2D eigenvalue weighted by Crippen LogP contribution is -2.41. The van der Waals surface area contributed by atoms with E-state index in [2.05, 4.69) is 5.10 Å². The highest BCUT2D eigenvalue weighted by Gasteiger charge is 2.28. The zero-order valence-electron chi connectivity index (χ0n) is 13.8. The Balaban J connectivity index is 1.69. The number of likely N-dealkylation sites (tertiary alicyclic amines) is 1. The van der Waals surface area contributed by atoms with Crippen LogP contribution in [0.5, 0.6) is 0 Å². The second kappa shape index (κ2) is 6.86. The SMILES string of the molecule is Cc1c(C(=O)N2CCC(C(N)=O)CC2)cnn1Cc1ccccc1. The maximum absolute atomic E-state index is 12.7. The van der Waals surface area contributed by atoms with E-state index in [0.717, 1.165) is 11.3 Å². The molecule has 126 valence electrons. The summed E-state index contributed by atoms with van der Waals surface area (Å²) in [6.07, 6.45) is 2.91. The number of hydrogen-bond donors (Lipinski definition) is 1. The highest BCUT2D eigenvalue weighted by atomic mass is 16.2. The first-order chi connectivity index (χ1) is 11.6. The summed E-state index contributed by atoms with van der Waals surface area (Å²) in [6, 6.07) is 10.0. The van der Waals surface area contributed by atoms with Crippen LogP contribution >= 0.6 is 0 Å². The maximum atomic E-state index is 12.7. The lowest BCUT2D eigenvalue weighted by molar-refractivity contribution is -0.123. The number of benzene rings is 1. The molecule has 1 fully saturated rings. The van der Waals surface area contributed by atoms with Gasteiger partial charge in [-0.1, -0.05) is 30.3 Å². The summed E-state index contributed by atoms with van der Waals surface area (Å²) in [6.45, 7) is 3.69. The van der Waals surface area contributed by atoms with Crippen LogP contribution in [0.4, 0.5) is 0 Å². The molecule has 0 unspecified atom stereocenters. The standard InChI is InChI=1S/C18H22N4O2/c1-13-16(11-20-22(13)12-14-5-3-2-4-6-14)18(24)21-9-7-15(8-10-21)17(19)23/h2-6,11,15H,7-10,12H2,1H3,(H2,19,23). The highest BCUT2D eigenvalue weighted by molar-refractivity contribution is 5.95. The Morgan fingerprint density at radius 1 is 1.21 bits per heavy atom. The molecule has 0 spiro atoms. The zero-order chi connectivity index (χ0) is 17.1. The van der Waals surface area contributed by atoms with Gasteiger partial charge in [0.25, 0.3) is 5.91 Å². The van der Waals surface area contributed by atoms with Crippen molar-refractivity contribution in [2.45, 2.75) is 26.3 Å². The summed E-state index contributed by atoms with van der Waals surface area (Å²) in [5, 5.41) is 4.37. The van der Waals surface area contributed by atoms with Gasteiger partial charge in [0.2, 0.25) is 5.91 Å². The van der Waals surface area contributed by atoms with E-state index in [1.54, 1.807) is 11.1 Å². The van der Waals surface area contributed by atoms with Gasteiger partial charge in [0.1, 0.15) is 0 Å². The number of aromatic nitrogens is 2. The lowest BCUT2D eigenvalue weighted by Gasteiger charge is -2.30. The number of rotatable bonds is 4. The first kappa shape index (κ1) is 16.2. The van der Waals surface area contributed by atoms with Crippen molar-refractivity contribution < 1.29 is 9.59 Å². The molecule has 2 heterocycles. The molecule has 0 saturated carbocycles. The van der Waals surface area contributed by atoms with E-state index in [1.165, 1.54) is 0 Å². The highest BCUT2D eigenvalue weighted by Crippen LogP contribution is 2.20. The summed E-state index contributed by atoms with van der Waals surface area (Å²) in [5.41, 5.74) is 7.98. The van der Waals surface area contributed by atoms with Gasteiger partial charge in [-0.3, -0.25) is 14.3 Å². The number of nitrogens with two attached hydrogens (primary N) is 1. The molecule has 1 aromatic heterocycles. The van der Waals surface area contributed by atoms with Gasteiger partial charge in [-0.15, -0.1) is 0 Å². The van der Waals surface area contributed by atoms with Crippen LogP contribution in [0.1, 0.15) is 34.5 Å². The third-order valence-corrected chi connectivity index (χ3v) is 4.69. The number of hydrogen-bond acceptors (Lipinski definition) is 3. The molecule has 1 saturated heterocycles. The van der Waals surface area contributed by atoms with Crippen molar-refractivity contribution in [1.29, 1.82) is 0 Å². The first-order valence-corrected chi connectivity index (χ1v) is 8.21. The summed E-state index contributed by atoms with van der Waals surface area (Å²) in [7, 11) is 0. The minimum atomic E-state index is -0.269. The van der Waals surface area contributed by atoms with E-state index in [9.17, 15) is 9.59 Å². The van der Waals surface area contributed by atoms with Gasteiger partial charge < -0.3 is 10.6 Å². The average Bonchev–Trinajstić information content (AvgIpc) is 2.96. The Morgan fingerprint density at radius 2 is 1.88 bits per heavy atom. The fourth-order valence-corrected chi connectivity index (χ4v) is 3.11. The van der Waals surface area contributed by atoms with Crippen molar-refractivity contribution in [3.05, 3.63) is 53.3 Å². The Morgan fingerprint density at radius 3 is 2.50 bits per heavy atom. The molecule has 0 radical (unpaired) electrons. The van der Waals surface area contributed by atoms with Crippen LogP contribution in [0.3, 0.4) is 0 Å². The molecule has 3 rings (SSSR count). The second-order valence-corrected chi connectivity index (χ2v) is 6.26. The third-order valence-electron chi connectivity index (χ3n) is 4.69. The molecule has 0 bridgehead atoms. The van der Waals surface area contributed by atoms with Gasteiger partial charge in [0, 0.05) is 24.7 Å². The van der Waals surface area contributed by atoms with Gasteiger partial charge in [-0.05, 0) is 25.3 Å². The van der Waals surface area contributed by atoms with Crippen molar-refractivity contribution in [1.82, 2.24) is 14.7 Å². The van der Waals surface area contributed by atoms with E-state index in [0.29, 0.717) is 38.0 Å². The molecule has 24 heavy (non-hydrogen) atoms. The van der Waals surface area contributed by atoms with E-state index >= 15 is 0 Å². The maximum Gasteiger partial charge on any atom is 0.257 e. The fourth-order valence-electron chi connectivity index (χ4n) is 3.11. The van der Waals surface area contributed by atoms with Crippen LogP contribution in [-0.2, 0) is 11.3 Å². The molecule has 1 aromatic carbocycles. The smallest absolute Gasteiger partial charge is 0.257 e. The number of carbonyl (C=O) groups excluding carboxylic acids is 2. The van der Waals surface area contributed by atoms with Crippen molar-refractivity contribution in [3.63, 3.8) is 0 Å². The van der Waals surface area contributed by atoms with Gasteiger partial charge in [-0.2, -0.15) is 5.10 Å². The quantitative estimate of drug-likeness (QED) is 0.926. The first-order valence-electron chi connectivity index (χ1n) is 8.21. The number of primary amides is 1. The molecule has 0 atom stereocenters. The largest absolute Gasteiger partial charge is 0.369 e. The van der Waals surface area contributed by atoms with Crippen LogP contribution in [0.25, 0.3) is 0 Å². The average molecular weight is 326 g/mol. The van der Waals surface area contributed by atoms with Crippen LogP contribution in [-0.4, -0.2) is 39.6 Å². The van der Waals surface area contributed by atoms with E-state index in [-0.39, 0.29) is 17.7 Å². The number of carbonyl (C=O) groups is 2. The van der Waals surface area contributed by atoms with E-state index < -0.39 is 0 Å². The van der Waals surface area contributed by atoms with Gasteiger partial charge in [0.05, 0.1) is 18.3 Å². The van der Waals surface area contributed by atoms with Crippen molar-refractivity contribution in [2.75, 3.05) is 13.1 Å². The van der Waals surface area contributed by atoms with E-state index in [1.807, 2.05) is 41.9 Å². The van der Waals surface area contributed by atoms with E-state index in [4.69, 9.17) is 5.73 Å². The second-order valence-electron chi connectivity index (χ2n) is 6.26. The molecular formula is C18H22N4O2. The summed E-state index contributed by atoms with van der Waals surface area (Å²) in [4.78, 5) is 25.7. The van der Waals surface area contributed by atoms with Gasteiger partial charge in [-0.25, -0.2) is 0 Å². The zero-order valence-corrected chi connectivity index (χ0v) is 13.8. The Hall–Kier alpha value is -2.63. The van der Waals surface area contributed by atoms with Gasteiger partial charge in [0.15, 0.2) is 0 Å². The molecule has 0 aliphatic carbocycles. The monoisotopic (exact) mass is 326 g/mol. The summed E-state index contributed by atoms with van der Waals surface area (Å²) >= 11 is 0. The van der Waals surface area contributed by atoms with Crippen molar-refractivity contribution in [2.24, 2.45) is 11.7 Å². The van der Waals surface area contributed by atoms with Crippen LogP contribution in [0.2, 0.25) is 0 Å². The van der Waals surface area contributed by atoms with Crippen molar-refractivity contribution >= 4 is 11.8 Å². The minimum absolute atomic E-state index is 0.0188. The number of nitrogens with zero attached hydrogens (tertiary/aromatic N) is 3. The van der Waals surface area contributed by atoms with Gasteiger partial charge >= 0.3 is 0 Å². The number of piperidine rings is 1. The van der Waals surface area contributed by atoms with Crippen LogP contribution in [0.15, 0.2) is 36.5 Å². The predicted molar refractivity (Wildman–Crippen MR) is 90.3 cm³/mol. The predicted octanol–water partition coefficient (Wildman–Crippen LogP) is 1.58. The third kappa shape index (κ3) is 3.32. The van der Waals surface area contributed by atoms with Crippen molar-refractivity contribution in [3.8, 4) is 0 Å². The normalized spacial score (nSPS) is 15.5. The lowest BCUT2D eigenvalue weighted by atomic mass is 9.96. The molecule has 2 N–H and O–H groups in total. The molecule has 6 nitrogen and oxygen atoms in total. The Kier molecular flexibility index (Phi) is 4.64. The van der Waals surface area contributed by atoms with Crippen LogP contribution < -0.4 is 5.73 Å². The van der Waals surface area contributed by atoms with Crippen LogP contribution in [0, 0.1) is 12.8 Å². The summed E-state index contributed by atoms with van der Waals surface area (Å²) < 4.78 is 1.85. The molecule has 2 aromatic rings. The minimum Gasteiger partial charge on any atom is -0.369 e. The molecule has 2 amide bonds. The topological polar surface area (TPSA) is 81.2 Å².